The predicted molar refractivity (Wildman–Crippen MR) is 98.5 cm³/mol. The Hall–Kier alpha value is -3.09. The molecule has 0 spiro atoms. The molecule has 136 valence electrons. The summed E-state index contributed by atoms with van der Waals surface area (Å²) in [5.74, 6) is 0.284. The molecule has 1 amide bonds. The van der Waals surface area contributed by atoms with Crippen LogP contribution in [0.4, 0.5) is 11.4 Å². The van der Waals surface area contributed by atoms with Gasteiger partial charge in [0, 0.05) is 24.1 Å². The number of hydrogen-bond donors (Lipinski definition) is 2. The van der Waals surface area contributed by atoms with Gasteiger partial charge in [0.1, 0.15) is 5.75 Å². The zero-order valence-electron chi connectivity index (χ0n) is 14.5. The van der Waals surface area contributed by atoms with E-state index in [-0.39, 0.29) is 23.6 Å². The highest BCUT2D eigenvalue weighted by molar-refractivity contribution is 5.81. The summed E-state index contributed by atoms with van der Waals surface area (Å²) in [7, 11) is 1.48. The van der Waals surface area contributed by atoms with Gasteiger partial charge in [0.15, 0.2) is 0 Å². The Morgan fingerprint density at radius 2 is 1.96 bits per heavy atom. The molecule has 0 heterocycles. The molecule has 0 aromatic heterocycles. The van der Waals surface area contributed by atoms with Gasteiger partial charge in [-0.05, 0) is 24.5 Å². The van der Waals surface area contributed by atoms with Gasteiger partial charge in [-0.3, -0.25) is 14.9 Å². The average molecular weight is 355 g/mol. The van der Waals surface area contributed by atoms with E-state index in [4.69, 9.17) is 4.74 Å². The average Bonchev–Trinajstić information content (AvgIpc) is 3.46. The third-order valence-electron chi connectivity index (χ3n) is 4.70. The van der Waals surface area contributed by atoms with Gasteiger partial charge in [0.2, 0.25) is 5.91 Å². The number of hydrogen-bond acceptors (Lipinski definition) is 5. The van der Waals surface area contributed by atoms with E-state index in [1.165, 1.54) is 30.9 Å². The highest BCUT2D eigenvalue weighted by atomic mass is 16.6. The molecule has 0 aliphatic heterocycles. The summed E-state index contributed by atoms with van der Waals surface area (Å²) in [5, 5.41) is 16.8. The van der Waals surface area contributed by atoms with Crippen molar-refractivity contribution in [2.24, 2.45) is 0 Å². The molecule has 1 fully saturated rings. The number of non-ortho nitro benzene ring substituents is 1. The van der Waals surface area contributed by atoms with Crippen LogP contribution in [0.5, 0.6) is 5.75 Å². The molecule has 1 saturated carbocycles. The number of nitrogens with one attached hydrogen (secondary N) is 2. The van der Waals surface area contributed by atoms with Crippen LogP contribution in [-0.2, 0) is 10.2 Å². The van der Waals surface area contributed by atoms with Crippen molar-refractivity contribution in [1.29, 1.82) is 0 Å². The lowest BCUT2D eigenvalue weighted by molar-refractivity contribution is -0.384. The van der Waals surface area contributed by atoms with Crippen molar-refractivity contribution in [3.05, 3.63) is 64.2 Å². The van der Waals surface area contributed by atoms with Crippen molar-refractivity contribution < 1.29 is 14.5 Å². The number of methoxy groups -OCH3 is 1. The summed E-state index contributed by atoms with van der Waals surface area (Å²) in [6.07, 6.45) is 2.12. The van der Waals surface area contributed by atoms with Crippen LogP contribution in [0.2, 0.25) is 0 Å². The maximum absolute atomic E-state index is 12.2. The SMILES string of the molecule is COc1ccc([N+](=O)[O-])cc1NCC(=O)NCC1(c2ccccc2)CC1. The lowest BCUT2D eigenvalue weighted by Crippen LogP contribution is -2.36. The van der Waals surface area contributed by atoms with Gasteiger partial charge in [-0.15, -0.1) is 0 Å². The lowest BCUT2D eigenvalue weighted by Gasteiger charge is -2.17. The summed E-state index contributed by atoms with van der Waals surface area (Å²) in [5.41, 5.74) is 1.64. The first-order valence-corrected chi connectivity index (χ1v) is 8.43. The van der Waals surface area contributed by atoms with Crippen LogP contribution in [0.3, 0.4) is 0 Å². The second-order valence-electron chi connectivity index (χ2n) is 6.42. The summed E-state index contributed by atoms with van der Waals surface area (Å²) in [6.45, 7) is 0.603. The molecule has 7 heteroatoms. The van der Waals surface area contributed by atoms with Gasteiger partial charge in [-0.1, -0.05) is 30.3 Å². The Kier molecular flexibility index (Phi) is 5.06. The molecular weight excluding hydrogens is 334 g/mol. The molecular formula is C19H21N3O4. The third-order valence-corrected chi connectivity index (χ3v) is 4.70. The Bertz CT molecular complexity index is 804. The third kappa shape index (κ3) is 3.93. The summed E-state index contributed by atoms with van der Waals surface area (Å²) >= 11 is 0. The van der Waals surface area contributed by atoms with E-state index in [2.05, 4.69) is 22.8 Å². The molecule has 2 aromatic rings. The Labute approximate surface area is 151 Å². The molecule has 7 nitrogen and oxygen atoms in total. The standard InChI is InChI=1S/C19H21N3O4/c1-26-17-8-7-15(22(24)25)11-16(17)20-12-18(23)21-13-19(9-10-19)14-5-3-2-4-6-14/h2-8,11,20H,9-10,12-13H2,1H3,(H,21,23). The van der Waals surface area contributed by atoms with Gasteiger partial charge >= 0.3 is 0 Å². The van der Waals surface area contributed by atoms with Crippen molar-refractivity contribution in [3.63, 3.8) is 0 Å². The summed E-state index contributed by atoms with van der Waals surface area (Å²) in [6, 6.07) is 14.4. The fourth-order valence-corrected chi connectivity index (χ4v) is 2.96. The van der Waals surface area contributed by atoms with Crippen LogP contribution in [-0.4, -0.2) is 31.0 Å². The van der Waals surface area contributed by atoms with Crippen LogP contribution >= 0.6 is 0 Å². The normalized spacial score (nSPS) is 14.3. The minimum Gasteiger partial charge on any atom is -0.495 e. The second-order valence-corrected chi connectivity index (χ2v) is 6.42. The zero-order valence-corrected chi connectivity index (χ0v) is 14.5. The topological polar surface area (TPSA) is 93.5 Å². The maximum Gasteiger partial charge on any atom is 0.271 e. The van der Waals surface area contributed by atoms with Gasteiger partial charge in [-0.2, -0.15) is 0 Å². The number of rotatable bonds is 8. The molecule has 1 aliphatic carbocycles. The molecule has 1 aliphatic rings. The van der Waals surface area contributed by atoms with E-state index >= 15 is 0 Å². The van der Waals surface area contributed by atoms with Crippen LogP contribution < -0.4 is 15.4 Å². The Morgan fingerprint density at radius 1 is 1.23 bits per heavy atom. The van der Waals surface area contributed by atoms with Gasteiger partial charge < -0.3 is 15.4 Å². The first kappa shape index (κ1) is 17.7. The number of ether oxygens (including phenoxy) is 1. The summed E-state index contributed by atoms with van der Waals surface area (Å²) < 4.78 is 5.18. The fraction of sp³-hybridized carbons (Fsp3) is 0.316. The number of carbonyl (C=O) groups excluding carboxylic acids is 1. The monoisotopic (exact) mass is 355 g/mol. The number of nitrogens with zero attached hydrogens (tertiary/aromatic N) is 1. The van der Waals surface area contributed by atoms with Crippen molar-refractivity contribution in [3.8, 4) is 5.75 Å². The van der Waals surface area contributed by atoms with Crippen molar-refractivity contribution >= 4 is 17.3 Å². The van der Waals surface area contributed by atoms with E-state index in [0.717, 1.165) is 12.8 Å². The largest absolute Gasteiger partial charge is 0.495 e. The van der Waals surface area contributed by atoms with Gasteiger partial charge in [0.25, 0.3) is 5.69 Å². The van der Waals surface area contributed by atoms with Gasteiger partial charge in [-0.25, -0.2) is 0 Å². The molecule has 2 N–H and O–H groups in total. The smallest absolute Gasteiger partial charge is 0.271 e. The molecule has 0 atom stereocenters. The van der Waals surface area contributed by atoms with E-state index < -0.39 is 4.92 Å². The molecule has 0 unspecified atom stereocenters. The zero-order chi connectivity index (χ0) is 18.6. The van der Waals surface area contributed by atoms with Crippen LogP contribution in [0.25, 0.3) is 0 Å². The van der Waals surface area contributed by atoms with Crippen molar-refractivity contribution in [2.75, 3.05) is 25.5 Å². The van der Waals surface area contributed by atoms with E-state index in [1.54, 1.807) is 0 Å². The van der Waals surface area contributed by atoms with Crippen molar-refractivity contribution in [1.82, 2.24) is 5.32 Å². The minimum absolute atomic E-state index is 0.0163. The Balaban J connectivity index is 1.56. The molecule has 0 saturated heterocycles. The second kappa shape index (κ2) is 7.43. The van der Waals surface area contributed by atoms with Crippen LogP contribution in [0.15, 0.2) is 48.5 Å². The first-order valence-electron chi connectivity index (χ1n) is 8.43. The number of nitro groups is 1. The maximum atomic E-state index is 12.2. The highest BCUT2D eigenvalue weighted by Gasteiger charge is 2.44. The molecule has 26 heavy (non-hydrogen) atoms. The number of nitro benzene ring substituents is 1. The molecule has 0 radical (unpaired) electrons. The molecule has 0 bridgehead atoms. The van der Waals surface area contributed by atoms with Crippen molar-refractivity contribution in [2.45, 2.75) is 18.3 Å². The number of anilines is 1. The van der Waals surface area contributed by atoms with Crippen LogP contribution in [0, 0.1) is 10.1 Å². The minimum atomic E-state index is -0.485. The number of amides is 1. The Morgan fingerprint density at radius 3 is 2.58 bits per heavy atom. The van der Waals surface area contributed by atoms with Crippen LogP contribution in [0.1, 0.15) is 18.4 Å². The molecule has 3 rings (SSSR count). The molecule has 2 aromatic carbocycles. The van der Waals surface area contributed by atoms with E-state index in [9.17, 15) is 14.9 Å². The van der Waals surface area contributed by atoms with Gasteiger partial charge in [0.05, 0.1) is 24.3 Å². The fourth-order valence-electron chi connectivity index (χ4n) is 2.96. The quantitative estimate of drug-likeness (QED) is 0.561. The van der Waals surface area contributed by atoms with E-state index in [0.29, 0.717) is 18.0 Å². The first-order chi connectivity index (χ1) is 12.5. The van der Waals surface area contributed by atoms with E-state index in [1.807, 2.05) is 18.2 Å². The lowest BCUT2D eigenvalue weighted by atomic mass is 9.96. The summed E-state index contributed by atoms with van der Waals surface area (Å²) in [4.78, 5) is 22.6. The number of benzene rings is 2. The number of carbonyl (C=O) groups is 1. The predicted octanol–water partition coefficient (Wildman–Crippen LogP) is 2.86. The highest BCUT2D eigenvalue weighted by Crippen LogP contribution is 2.47.